The zero-order valence-corrected chi connectivity index (χ0v) is 14.6. The van der Waals surface area contributed by atoms with Gasteiger partial charge in [-0.25, -0.2) is 0 Å². The first-order valence-corrected chi connectivity index (χ1v) is 9.28. The van der Waals surface area contributed by atoms with Crippen molar-refractivity contribution >= 4 is 40.0 Å². The molecule has 0 aliphatic carbocycles. The lowest BCUT2D eigenvalue weighted by Crippen LogP contribution is -2.48. The molecule has 1 aromatic rings. The summed E-state index contributed by atoms with van der Waals surface area (Å²) in [4.78, 5) is 26.1. The van der Waals surface area contributed by atoms with E-state index in [4.69, 9.17) is 0 Å². The zero-order valence-electron chi connectivity index (χ0n) is 13.0. The van der Waals surface area contributed by atoms with E-state index in [1.54, 1.807) is 16.7 Å². The lowest BCUT2D eigenvalue weighted by Gasteiger charge is -2.29. The van der Waals surface area contributed by atoms with Crippen LogP contribution >= 0.6 is 23.1 Å². The van der Waals surface area contributed by atoms with Crippen molar-refractivity contribution in [3.05, 3.63) is 5.01 Å². The average molecular weight is 340 g/mol. The summed E-state index contributed by atoms with van der Waals surface area (Å²) in [7, 11) is 0. The van der Waals surface area contributed by atoms with Crippen molar-refractivity contribution in [2.24, 2.45) is 5.92 Å². The molecule has 0 bridgehead atoms. The SMILES string of the molecule is CC(C)Cc1nnc(NC(=O)[C@@H]2CS[C@]3(C)CCC(=O)N23)s1. The van der Waals surface area contributed by atoms with Crippen molar-refractivity contribution in [1.29, 1.82) is 0 Å². The third-order valence-electron chi connectivity index (χ3n) is 4.03. The largest absolute Gasteiger partial charge is 0.315 e. The first kappa shape index (κ1) is 15.7. The van der Waals surface area contributed by atoms with Crippen molar-refractivity contribution in [1.82, 2.24) is 15.1 Å². The van der Waals surface area contributed by atoms with Crippen molar-refractivity contribution < 1.29 is 9.59 Å². The number of hydrogen-bond donors (Lipinski definition) is 1. The summed E-state index contributed by atoms with van der Waals surface area (Å²) >= 11 is 3.10. The van der Waals surface area contributed by atoms with Crippen LogP contribution in [0.15, 0.2) is 0 Å². The Labute approximate surface area is 138 Å². The molecule has 0 aromatic carbocycles. The number of nitrogens with zero attached hydrogens (tertiary/aromatic N) is 3. The minimum Gasteiger partial charge on any atom is -0.315 e. The smallest absolute Gasteiger partial charge is 0.249 e. The molecular formula is C14H20N4O2S2. The number of carbonyl (C=O) groups excluding carboxylic acids is 2. The molecule has 2 fully saturated rings. The van der Waals surface area contributed by atoms with Gasteiger partial charge in [0, 0.05) is 18.6 Å². The van der Waals surface area contributed by atoms with Crippen LogP contribution in [0.25, 0.3) is 0 Å². The molecule has 0 saturated carbocycles. The Hall–Kier alpha value is -1.15. The fraction of sp³-hybridized carbons (Fsp3) is 0.714. The summed E-state index contributed by atoms with van der Waals surface area (Å²) in [6.45, 7) is 6.28. The van der Waals surface area contributed by atoms with Crippen LogP contribution in [0, 0.1) is 5.92 Å². The molecule has 6 nitrogen and oxygen atoms in total. The van der Waals surface area contributed by atoms with Gasteiger partial charge in [0.15, 0.2) is 0 Å². The fourth-order valence-electron chi connectivity index (χ4n) is 2.94. The Kier molecular flexibility index (Phi) is 4.15. The number of fused-ring (bicyclic) bond motifs is 1. The van der Waals surface area contributed by atoms with Gasteiger partial charge in [0.25, 0.3) is 0 Å². The van der Waals surface area contributed by atoms with E-state index in [2.05, 4.69) is 29.4 Å². The summed E-state index contributed by atoms with van der Waals surface area (Å²) in [5.74, 6) is 1.07. The van der Waals surface area contributed by atoms with Crippen LogP contribution in [0.3, 0.4) is 0 Å². The molecule has 0 radical (unpaired) electrons. The van der Waals surface area contributed by atoms with Crippen LogP contribution in [-0.4, -0.2) is 43.6 Å². The Bertz CT molecular complexity index is 603. The maximum Gasteiger partial charge on any atom is 0.249 e. The number of thioether (sulfide) groups is 1. The van der Waals surface area contributed by atoms with Crippen molar-refractivity contribution in [3.8, 4) is 0 Å². The molecule has 2 aliphatic rings. The van der Waals surface area contributed by atoms with E-state index in [0.717, 1.165) is 17.8 Å². The maximum absolute atomic E-state index is 12.5. The third-order valence-corrected chi connectivity index (χ3v) is 6.39. The van der Waals surface area contributed by atoms with Gasteiger partial charge in [0.1, 0.15) is 11.0 Å². The van der Waals surface area contributed by atoms with Gasteiger partial charge in [-0.15, -0.1) is 22.0 Å². The second-order valence-corrected chi connectivity index (χ2v) is 8.92. The predicted octanol–water partition coefficient (Wildman–Crippen LogP) is 2.13. The molecule has 8 heteroatoms. The van der Waals surface area contributed by atoms with Gasteiger partial charge < -0.3 is 4.90 Å². The molecule has 2 aliphatic heterocycles. The van der Waals surface area contributed by atoms with Crippen LogP contribution in [-0.2, 0) is 16.0 Å². The van der Waals surface area contributed by atoms with Gasteiger partial charge >= 0.3 is 0 Å². The number of hydrogen-bond acceptors (Lipinski definition) is 6. The molecule has 1 N–H and O–H groups in total. The van der Waals surface area contributed by atoms with Crippen molar-refractivity contribution in [2.45, 2.75) is 50.9 Å². The molecule has 3 heterocycles. The number of anilines is 1. The first-order valence-electron chi connectivity index (χ1n) is 7.48. The second kappa shape index (κ2) is 5.81. The summed E-state index contributed by atoms with van der Waals surface area (Å²) in [5, 5.41) is 12.4. The number of amides is 2. The normalized spacial score (nSPS) is 27.5. The van der Waals surface area contributed by atoms with Crippen molar-refractivity contribution in [2.75, 3.05) is 11.1 Å². The summed E-state index contributed by atoms with van der Waals surface area (Å²) in [6, 6.07) is -0.401. The van der Waals surface area contributed by atoms with E-state index in [9.17, 15) is 9.59 Å². The van der Waals surface area contributed by atoms with Crippen LogP contribution in [0.5, 0.6) is 0 Å². The van der Waals surface area contributed by atoms with E-state index in [1.165, 1.54) is 11.3 Å². The van der Waals surface area contributed by atoms with Gasteiger partial charge in [0.05, 0.1) is 4.87 Å². The second-order valence-electron chi connectivity index (χ2n) is 6.35. The zero-order chi connectivity index (χ0) is 15.9. The lowest BCUT2D eigenvalue weighted by atomic mass is 10.1. The highest BCUT2D eigenvalue weighted by Gasteiger charge is 2.52. The Morgan fingerprint density at radius 1 is 1.50 bits per heavy atom. The Morgan fingerprint density at radius 3 is 3.00 bits per heavy atom. The van der Waals surface area contributed by atoms with Gasteiger partial charge in [-0.3, -0.25) is 14.9 Å². The molecule has 2 atom stereocenters. The minimum atomic E-state index is -0.401. The quantitative estimate of drug-likeness (QED) is 0.909. The number of aromatic nitrogens is 2. The van der Waals surface area contributed by atoms with Gasteiger partial charge in [-0.05, 0) is 19.3 Å². The average Bonchev–Trinajstić information content (AvgIpc) is 3.07. The van der Waals surface area contributed by atoms with E-state index in [0.29, 0.717) is 23.2 Å². The number of nitrogens with one attached hydrogen (secondary N) is 1. The molecule has 0 unspecified atom stereocenters. The number of carbonyl (C=O) groups is 2. The van der Waals surface area contributed by atoms with E-state index >= 15 is 0 Å². The van der Waals surface area contributed by atoms with E-state index < -0.39 is 6.04 Å². The first-order chi connectivity index (χ1) is 10.4. The summed E-state index contributed by atoms with van der Waals surface area (Å²) in [6.07, 6.45) is 2.21. The standard InChI is InChI=1S/C14H20N4O2S2/c1-8(2)6-10-16-17-13(22-10)15-12(20)9-7-21-14(3)5-4-11(19)18(9)14/h8-9H,4-7H2,1-3H3,(H,15,17,20)/t9-,14+/m0/s1. The molecular weight excluding hydrogens is 320 g/mol. The molecule has 120 valence electrons. The highest BCUT2D eigenvalue weighted by atomic mass is 32.2. The van der Waals surface area contributed by atoms with Gasteiger partial charge in [-0.1, -0.05) is 25.2 Å². The number of rotatable bonds is 4. The molecule has 2 saturated heterocycles. The van der Waals surface area contributed by atoms with Crippen LogP contribution in [0.4, 0.5) is 5.13 Å². The molecule has 2 amide bonds. The summed E-state index contributed by atoms with van der Waals surface area (Å²) in [5.41, 5.74) is 0. The van der Waals surface area contributed by atoms with Crippen LogP contribution in [0.2, 0.25) is 0 Å². The lowest BCUT2D eigenvalue weighted by molar-refractivity contribution is -0.135. The Morgan fingerprint density at radius 2 is 2.27 bits per heavy atom. The van der Waals surface area contributed by atoms with Crippen LogP contribution in [0.1, 0.15) is 38.6 Å². The molecule has 22 heavy (non-hydrogen) atoms. The van der Waals surface area contributed by atoms with Gasteiger partial charge in [0.2, 0.25) is 16.9 Å². The summed E-state index contributed by atoms with van der Waals surface area (Å²) < 4.78 is 0. The predicted molar refractivity (Wildman–Crippen MR) is 87.8 cm³/mol. The fourth-order valence-corrected chi connectivity index (χ4v) is 5.33. The maximum atomic E-state index is 12.5. The van der Waals surface area contributed by atoms with Gasteiger partial charge in [-0.2, -0.15) is 0 Å². The minimum absolute atomic E-state index is 0.0745. The Balaban J connectivity index is 1.67. The van der Waals surface area contributed by atoms with E-state index in [-0.39, 0.29) is 16.7 Å². The topological polar surface area (TPSA) is 75.2 Å². The highest BCUT2D eigenvalue weighted by molar-refractivity contribution is 8.01. The molecule has 3 rings (SSSR count). The monoisotopic (exact) mass is 340 g/mol. The van der Waals surface area contributed by atoms with Crippen LogP contribution < -0.4 is 5.32 Å². The molecule has 1 aromatic heterocycles. The highest BCUT2D eigenvalue weighted by Crippen LogP contribution is 2.47. The molecule has 0 spiro atoms. The van der Waals surface area contributed by atoms with Crippen molar-refractivity contribution in [3.63, 3.8) is 0 Å². The third kappa shape index (κ3) is 2.86. The van der Waals surface area contributed by atoms with E-state index in [1.807, 2.05) is 6.92 Å².